The molecule has 3 aromatic rings. The number of nitrogens with one attached hydrogen (secondary N) is 1. The Labute approximate surface area is 173 Å². The van der Waals surface area contributed by atoms with E-state index in [9.17, 15) is 9.59 Å². The molecule has 0 aliphatic carbocycles. The molecule has 6 heteroatoms. The van der Waals surface area contributed by atoms with Crippen LogP contribution in [0.2, 0.25) is 10.0 Å². The maximum Gasteiger partial charge on any atom is 0.318 e. The summed E-state index contributed by atoms with van der Waals surface area (Å²) in [4.78, 5) is 25.0. The third-order valence-corrected chi connectivity index (χ3v) is 4.61. The van der Waals surface area contributed by atoms with Gasteiger partial charge in [-0.2, -0.15) is 0 Å². The van der Waals surface area contributed by atoms with Crippen LogP contribution >= 0.6 is 23.2 Å². The molecule has 3 aromatic carbocycles. The third-order valence-electron chi connectivity index (χ3n) is 4.05. The second-order valence-corrected chi connectivity index (χ2v) is 6.88. The van der Waals surface area contributed by atoms with Crippen molar-refractivity contribution < 1.29 is 14.3 Å². The summed E-state index contributed by atoms with van der Waals surface area (Å²) < 4.78 is 5.29. The standard InChI is InChI=1S/C22H17Cl2NO3/c23-17-11-12-18(24)19(13-17)25-20(26)14-28-22(27)21(15-7-3-1-4-8-15)16-9-5-2-6-10-16/h1-13,21H,14H2,(H,25,26). The first kappa shape index (κ1) is 19.9. The molecule has 1 N–H and O–H groups in total. The van der Waals surface area contributed by atoms with E-state index in [0.29, 0.717) is 15.7 Å². The third kappa shape index (κ3) is 5.12. The summed E-state index contributed by atoms with van der Waals surface area (Å²) in [6, 6.07) is 23.3. The van der Waals surface area contributed by atoms with E-state index in [1.165, 1.54) is 6.07 Å². The van der Waals surface area contributed by atoms with E-state index < -0.39 is 24.4 Å². The van der Waals surface area contributed by atoms with Crippen LogP contribution in [0.25, 0.3) is 0 Å². The molecule has 0 saturated carbocycles. The van der Waals surface area contributed by atoms with Gasteiger partial charge in [-0.05, 0) is 29.3 Å². The topological polar surface area (TPSA) is 55.4 Å². The molecule has 0 unspecified atom stereocenters. The number of amides is 1. The van der Waals surface area contributed by atoms with Gasteiger partial charge in [-0.3, -0.25) is 9.59 Å². The van der Waals surface area contributed by atoms with Crippen LogP contribution in [-0.4, -0.2) is 18.5 Å². The number of halogens is 2. The summed E-state index contributed by atoms with van der Waals surface area (Å²) in [5, 5.41) is 3.37. The highest BCUT2D eigenvalue weighted by Gasteiger charge is 2.24. The molecule has 0 heterocycles. The van der Waals surface area contributed by atoms with Gasteiger partial charge in [0.15, 0.2) is 6.61 Å². The van der Waals surface area contributed by atoms with Crippen LogP contribution in [0, 0.1) is 0 Å². The molecule has 0 saturated heterocycles. The first-order valence-electron chi connectivity index (χ1n) is 8.56. The molecule has 0 fully saturated rings. The molecule has 28 heavy (non-hydrogen) atoms. The number of ether oxygens (including phenoxy) is 1. The monoisotopic (exact) mass is 413 g/mol. The molecular formula is C22H17Cl2NO3. The van der Waals surface area contributed by atoms with Crippen molar-refractivity contribution in [3.05, 3.63) is 100 Å². The largest absolute Gasteiger partial charge is 0.455 e. The van der Waals surface area contributed by atoms with E-state index in [1.54, 1.807) is 12.1 Å². The SMILES string of the molecule is O=C(COC(=O)C(c1ccccc1)c1ccccc1)Nc1cc(Cl)ccc1Cl. The van der Waals surface area contributed by atoms with Crippen molar-refractivity contribution >= 4 is 40.8 Å². The Morgan fingerprint density at radius 2 is 1.43 bits per heavy atom. The van der Waals surface area contributed by atoms with Crippen LogP contribution in [0.1, 0.15) is 17.0 Å². The summed E-state index contributed by atoms with van der Waals surface area (Å²) in [7, 11) is 0. The number of anilines is 1. The first-order valence-corrected chi connectivity index (χ1v) is 9.31. The zero-order valence-electron chi connectivity index (χ0n) is 14.8. The number of carbonyl (C=O) groups is 2. The first-order chi connectivity index (χ1) is 13.5. The average molecular weight is 414 g/mol. The molecule has 0 spiro atoms. The van der Waals surface area contributed by atoms with Gasteiger partial charge in [0.2, 0.25) is 0 Å². The zero-order valence-corrected chi connectivity index (χ0v) is 16.3. The van der Waals surface area contributed by atoms with E-state index >= 15 is 0 Å². The van der Waals surface area contributed by atoms with E-state index in [1.807, 2.05) is 60.7 Å². The molecule has 3 rings (SSSR count). The van der Waals surface area contributed by atoms with Gasteiger partial charge in [0.05, 0.1) is 10.7 Å². The van der Waals surface area contributed by atoms with Gasteiger partial charge < -0.3 is 10.1 Å². The van der Waals surface area contributed by atoms with E-state index in [4.69, 9.17) is 27.9 Å². The lowest BCUT2D eigenvalue weighted by Crippen LogP contribution is -2.24. The van der Waals surface area contributed by atoms with E-state index in [2.05, 4.69) is 5.32 Å². The Bertz CT molecular complexity index is 923. The maximum absolute atomic E-state index is 12.8. The van der Waals surface area contributed by atoms with Gasteiger partial charge in [-0.1, -0.05) is 83.9 Å². The van der Waals surface area contributed by atoms with E-state index in [0.717, 1.165) is 11.1 Å². The van der Waals surface area contributed by atoms with Gasteiger partial charge >= 0.3 is 5.97 Å². The van der Waals surface area contributed by atoms with Gasteiger partial charge in [0.25, 0.3) is 5.91 Å². The highest BCUT2D eigenvalue weighted by Crippen LogP contribution is 2.27. The Kier molecular flexibility index (Phi) is 6.69. The summed E-state index contributed by atoms with van der Waals surface area (Å²) in [5.41, 5.74) is 1.94. The minimum Gasteiger partial charge on any atom is -0.455 e. The van der Waals surface area contributed by atoms with Crippen LogP contribution in [0.4, 0.5) is 5.69 Å². The van der Waals surface area contributed by atoms with Crippen LogP contribution in [0.3, 0.4) is 0 Å². The van der Waals surface area contributed by atoms with Gasteiger partial charge in [-0.15, -0.1) is 0 Å². The quantitative estimate of drug-likeness (QED) is 0.557. The summed E-state index contributed by atoms with van der Waals surface area (Å²) >= 11 is 11.9. The summed E-state index contributed by atoms with van der Waals surface area (Å²) in [5.74, 6) is -1.63. The molecule has 142 valence electrons. The minimum absolute atomic E-state index is 0.343. The number of esters is 1. The van der Waals surface area contributed by atoms with Gasteiger partial charge in [0, 0.05) is 5.02 Å². The summed E-state index contributed by atoms with van der Waals surface area (Å²) in [6.45, 7) is -0.433. The van der Waals surface area contributed by atoms with Gasteiger partial charge in [0.1, 0.15) is 5.92 Å². The number of rotatable bonds is 6. The molecule has 0 radical (unpaired) electrons. The molecule has 4 nitrogen and oxygen atoms in total. The van der Waals surface area contributed by atoms with Crippen LogP contribution < -0.4 is 5.32 Å². The van der Waals surface area contributed by atoms with Crippen LogP contribution in [0.5, 0.6) is 0 Å². The molecule has 0 bridgehead atoms. The normalized spacial score (nSPS) is 10.5. The fourth-order valence-corrected chi connectivity index (χ4v) is 3.09. The summed E-state index contributed by atoms with van der Waals surface area (Å²) in [6.07, 6.45) is 0. The molecular weight excluding hydrogens is 397 g/mol. The molecule has 0 aliphatic heterocycles. The van der Waals surface area contributed by atoms with Crippen molar-refractivity contribution in [3.63, 3.8) is 0 Å². The lowest BCUT2D eigenvalue weighted by molar-refractivity contribution is -0.147. The highest BCUT2D eigenvalue weighted by molar-refractivity contribution is 6.35. The molecule has 0 aliphatic rings. The van der Waals surface area contributed by atoms with Crippen molar-refractivity contribution in [3.8, 4) is 0 Å². The van der Waals surface area contributed by atoms with Crippen molar-refractivity contribution in [1.29, 1.82) is 0 Å². The van der Waals surface area contributed by atoms with Gasteiger partial charge in [-0.25, -0.2) is 0 Å². The lowest BCUT2D eigenvalue weighted by Gasteiger charge is -2.17. The Balaban J connectivity index is 1.70. The smallest absolute Gasteiger partial charge is 0.318 e. The highest BCUT2D eigenvalue weighted by atomic mass is 35.5. The number of benzene rings is 3. The molecule has 1 amide bonds. The van der Waals surface area contributed by atoms with Crippen LogP contribution in [-0.2, 0) is 14.3 Å². The Morgan fingerprint density at radius 1 is 0.857 bits per heavy atom. The maximum atomic E-state index is 12.8. The van der Waals surface area contributed by atoms with Crippen molar-refractivity contribution in [1.82, 2.24) is 0 Å². The second kappa shape index (κ2) is 9.40. The van der Waals surface area contributed by atoms with E-state index in [-0.39, 0.29) is 0 Å². The number of hydrogen-bond donors (Lipinski definition) is 1. The Morgan fingerprint density at radius 3 is 2.00 bits per heavy atom. The fraction of sp³-hybridized carbons (Fsp3) is 0.0909. The van der Waals surface area contributed by atoms with Crippen molar-refractivity contribution in [2.24, 2.45) is 0 Å². The van der Waals surface area contributed by atoms with Crippen molar-refractivity contribution in [2.45, 2.75) is 5.92 Å². The predicted molar refractivity (Wildman–Crippen MR) is 111 cm³/mol. The molecule has 0 aromatic heterocycles. The molecule has 0 atom stereocenters. The van der Waals surface area contributed by atoms with Crippen LogP contribution in [0.15, 0.2) is 78.9 Å². The fourth-order valence-electron chi connectivity index (χ4n) is 2.76. The lowest BCUT2D eigenvalue weighted by atomic mass is 9.91. The van der Waals surface area contributed by atoms with Crippen molar-refractivity contribution in [2.75, 3.05) is 11.9 Å². The Hall–Kier alpha value is -2.82. The average Bonchev–Trinajstić information content (AvgIpc) is 2.71. The minimum atomic E-state index is -0.620. The second-order valence-electron chi connectivity index (χ2n) is 6.03. The number of carbonyl (C=O) groups excluding carboxylic acids is 2. The zero-order chi connectivity index (χ0) is 19.9. The number of hydrogen-bond acceptors (Lipinski definition) is 3. The predicted octanol–water partition coefficient (Wildman–Crippen LogP) is 5.31.